The molecule has 0 amide bonds. The zero-order valence-corrected chi connectivity index (χ0v) is 12.4. The summed E-state index contributed by atoms with van der Waals surface area (Å²) >= 11 is 5.13. The van der Waals surface area contributed by atoms with Gasteiger partial charge < -0.3 is 10.5 Å². The van der Waals surface area contributed by atoms with E-state index >= 15 is 0 Å². The molecule has 104 valence electrons. The van der Waals surface area contributed by atoms with Crippen molar-refractivity contribution in [2.24, 2.45) is 5.73 Å². The largest absolute Gasteiger partial charge is 0.393 e. The maximum Gasteiger partial charge on any atom is 0.0746 e. The fourth-order valence-electron chi connectivity index (χ4n) is 2.66. The molecule has 1 saturated heterocycles. The molecule has 3 nitrogen and oxygen atoms in total. The second-order valence-electron chi connectivity index (χ2n) is 5.29. The van der Waals surface area contributed by atoms with E-state index in [1.165, 1.54) is 5.56 Å². The fraction of sp³-hybridized carbons (Fsp3) is 0.533. The molecule has 1 aliphatic rings. The molecule has 0 bridgehead atoms. The Hall–Kier alpha value is -0.970. The normalized spacial score (nSPS) is 26.0. The standard InChI is InChI=1S/C15H22N2OS/c1-11-10-18-12(2)9-17(11)14(8-15(16)19)13-6-4-3-5-7-13/h3-7,11-12,14H,8-10H2,1-2H3,(H2,16,19). The van der Waals surface area contributed by atoms with E-state index in [1.807, 2.05) is 6.07 Å². The summed E-state index contributed by atoms with van der Waals surface area (Å²) in [6, 6.07) is 11.1. The van der Waals surface area contributed by atoms with Gasteiger partial charge in [-0.05, 0) is 19.4 Å². The Labute approximate surface area is 120 Å². The van der Waals surface area contributed by atoms with Crippen LogP contribution in [0.25, 0.3) is 0 Å². The molecular weight excluding hydrogens is 256 g/mol. The fourth-order valence-corrected chi connectivity index (χ4v) is 2.81. The van der Waals surface area contributed by atoms with Crippen LogP contribution >= 0.6 is 12.2 Å². The summed E-state index contributed by atoms with van der Waals surface area (Å²) in [6.07, 6.45) is 0.977. The van der Waals surface area contributed by atoms with Gasteiger partial charge in [0, 0.05) is 25.0 Å². The molecule has 0 saturated carbocycles. The van der Waals surface area contributed by atoms with Crippen molar-refractivity contribution >= 4 is 17.2 Å². The molecule has 19 heavy (non-hydrogen) atoms. The Morgan fingerprint density at radius 3 is 2.74 bits per heavy atom. The number of nitrogens with zero attached hydrogens (tertiary/aromatic N) is 1. The van der Waals surface area contributed by atoms with Crippen LogP contribution in [0.2, 0.25) is 0 Å². The third-order valence-electron chi connectivity index (χ3n) is 3.64. The summed E-state index contributed by atoms with van der Waals surface area (Å²) in [6.45, 7) is 5.99. The molecule has 3 atom stereocenters. The molecule has 1 aliphatic heterocycles. The lowest BCUT2D eigenvalue weighted by atomic mass is 9.99. The van der Waals surface area contributed by atoms with Crippen molar-refractivity contribution in [2.45, 2.75) is 38.5 Å². The van der Waals surface area contributed by atoms with E-state index in [4.69, 9.17) is 22.7 Å². The van der Waals surface area contributed by atoms with Gasteiger partial charge >= 0.3 is 0 Å². The van der Waals surface area contributed by atoms with E-state index in [9.17, 15) is 0 Å². The zero-order valence-electron chi connectivity index (χ0n) is 11.6. The van der Waals surface area contributed by atoms with E-state index in [-0.39, 0.29) is 12.1 Å². The van der Waals surface area contributed by atoms with Gasteiger partial charge in [-0.15, -0.1) is 0 Å². The smallest absolute Gasteiger partial charge is 0.0746 e. The van der Waals surface area contributed by atoms with E-state index < -0.39 is 0 Å². The molecule has 3 unspecified atom stereocenters. The topological polar surface area (TPSA) is 38.5 Å². The summed E-state index contributed by atoms with van der Waals surface area (Å²) in [5.41, 5.74) is 7.07. The maximum atomic E-state index is 5.79. The number of rotatable bonds is 4. The number of hydrogen-bond donors (Lipinski definition) is 1. The highest BCUT2D eigenvalue weighted by Crippen LogP contribution is 2.29. The number of ether oxygens (including phenoxy) is 1. The first-order valence-electron chi connectivity index (χ1n) is 6.78. The number of morpholine rings is 1. The lowest BCUT2D eigenvalue weighted by Gasteiger charge is -2.42. The minimum absolute atomic E-state index is 0.250. The average Bonchev–Trinajstić information content (AvgIpc) is 2.40. The number of hydrogen-bond acceptors (Lipinski definition) is 3. The summed E-state index contributed by atoms with van der Waals surface area (Å²) in [4.78, 5) is 3.03. The highest BCUT2D eigenvalue weighted by molar-refractivity contribution is 7.80. The van der Waals surface area contributed by atoms with E-state index in [0.29, 0.717) is 11.0 Å². The number of benzene rings is 1. The van der Waals surface area contributed by atoms with Crippen molar-refractivity contribution in [3.8, 4) is 0 Å². The zero-order chi connectivity index (χ0) is 13.8. The van der Waals surface area contributed by atoms with E-state index in [0.717, 1.165) is 19.6 Å². The summed E-state index contributed by atoms with van der Waals surface area (Å²) in [5, 5.41) is 0. The van der Waals surface area contributed by atoms with Crippen LogP contribution in [0.3, 0.4) is 0 Å². The minimum Gasteiger partial charge on any atom is -0.393 e. The quantitative estimate of drug-likeness (QED) is 0.859. The van der Waals surface area contributed by atoms with E-state index in [1.54, 1.807) is 0 Å². The monoisotopic (exact) mass is 278 g/mol. The van der Waals surface area contributed by atoms with Gasteiger partial charge in [-0.1, -0.05) is 42.5 Å². The number of nitrogens with two attached hydrogens (primary N) is 1. The van der Waals surface area contributed by atoms with Crippen LogP contribution in [0, 0.1) is 0 Å². The molecule has 0 spiro atoms. The first-order valence-corrected chi connectivity index (χ1v) is 7.19. The van der Waals surface area contributed by atoms with Gasteiger partial charge in [-0.3, -0.25) is 4.90 Å². The first-order chi connectivity index (χ1) is 9.08. The Balaban J connectivity index is 2.24. The SMILES string of the molecule is CC1CN(C(CC(N)=S)c2ccccc2)C(C)CO1. The van der Waals surface area contributed by atoms with Gasteiger partial charge in [0.15, 0.2) is 0 Å². The van der Waals surface area contributed by atoms with Crippen LogP contribution in [0.1, 0.15) is 31.9 Å². The highest BCUT2D eigenvalue weighted by atomic mass is 32.1. The molecule has 1 heterocycles. The molecule has 0 radical (unpaired) electrons. The Bertz CT molecular complexity index is 423. The van der Waals surface area contributed by atoms with Crippen molar-refractivity contribution in [2.75, 3.05) is 13.2 Å². The van der Waals surface area contributed by atoms with Crippen LogP contribution in [-0.2, 0) is 4.74 Å². The van der Waals surface area contributed by atoms with Gasteiger partial charge in [0.05, 0.1) is 17.7 Å². The van der Waals surface area contributed by atoms with Crippen LogP contribution in [0.4, 0.5) is 0 Å². The third kappa shape index (κ3) is 3.75. The maximum absolute atomic E-state index is 5.79. The first kappa shape index (κ1) is 14.4. The molecule has 2 N–H and O–H groups in total. The highest BCUT2D eigenvalue weighted by Gasteiger charge is 2.30. The Kier molecular flexibility index (Phi) is 4.91. The lowest BCUT2D eigenvalue weighted by molar-refractivity contribution is -0.0657. The second-order valence-corrected chi connectivity index (χ2v) is 5.81. The van der Waals surface area contributed by atoms with Crippen LogP contribution in [0.15, 0.2) is 30.3 Å². The van der Waals surface area contributed by atoms with Gasteiger partial charge in [0.1, 0.15) is 0 Å². The average molecular weight is 278 g/mol. The number of thiocarbonyl (C=S) groups is 1. The van der Waals surface area contributed by atoms with Crippen molar-refractivity contribution in [1.29, 1.82) is 0 Å². The van der Waals surface area contributed by atoms with Gasteiger partial charge in [-0.25, -0.2) is 0 Å². The van der Waals surface area contributed by atoms with Crippen LogP contribution in [0.5, 0.6) is 0 Å². The van der Waals surface area contributed by atoms with Gasteiger partial charge in [0.25, 0.3) is 0 Å². The molecule has 0 aliphatic carbocycles. The predicted molar refractivity (Wildman–Crippen MR) is 82.2 cm³/mol. The lowest BCUT2D eigenvalue weighted by Crippen LogP contribution is -2.49. The molecule has 0 aromatic heterocycles. The van der Waals surface area contributed by atoms with E-state index in [2.05, 4.69) is 43.0 Å². The molecule has 2 rings (SSSR count). The van der Waals surface area contributed by atoms with Crippen molar-refractivity contribution in [3.63, 3.8) is 0 Å². The predicted octanol–water partition coefficient (Wildman–Crippen LogP) is 2.51. The third-order valence-corrected chi connectivity index (χ3v) is 3.80. The van der Waals surface area contributed by atoms with Crippen LogP contribution in [-0.4, -0.2) is 35.2 Å². The molecular formula is C15H22N2OS. The van der Waals surface area contributed by atoms with Crippen molar-refractivity contribution in [3.05, 3.63) is 35.9 Å². The second kappa shape index (κ2) is 6.46. The molecule has 1 aromatic carbocycles. The van der Waals surface area contributed by atoms with Crippen molar-refractivity contribution in [1.82, 2.24) is 4.90 Å². The Morgan fingerprint density at radius 2 is 2.11 bits per heavy atom. The van der Waals surface area contributed by atoms with Gasteiger partial charge in [0.2, 0.25) is 0 Å². The molecule has 1 aromatic rings. The Morgan fingerprint density at radius 1 is 1.42 bits per heavy atom. The summed E-state index contributed by atoms with van der Waals surface area (Å²) in [7, 11) is 0. The minimum atomic E-state index is 0.250. The molecule has 4 heteroatoms. The molecule has 1 fully saturated rings. The summed E-state index contributed by atoms with van der Waals surface area (Å²) < 4.78 is 5.71. The van der Waals surface area contributed by atoms with Crippen molar-refractivity contribution < 1.29 is 4.74 Å². The van der Waals surface area contributed by atoms with Gasteiger partial charge in [-0.2, -0.15) is 0 Å². The summed E-state index contributed by atoms with van der Waals surface area (Å²) in [5.74, 6) is 0. The van der Waals surface area contributed by atoms with Crippen LogP contribution < -0.4 is 5.73 Å².